The maximum atomic E-state index is 14.8. The van der Waals surface area contributed by atoms with Crippen LogP contribution in [0.5, 0.6) is 0 Å². The topological polar surface area (TPSA) is 132 Å². The highest BCUT2D eigenvalue weighted by Gasteiger charge is 2.77. The second kappa shape index (κ2) is 11.3. The number of Topliss-reactive ketones (excluding diaryl/α,β-unsaturated/α-hetero) is 2. The van der Waals surface area contributed by atoms with Crippen LogP contribution in [0.4, 0.5) is 0 Å². The van der Waals surface area contributed by atoms with Gasteiger partial charge in [0, 0.05) is 46.2 Å². The molecule has 6 rings (SSSR count). The fraction of sp³-hybridized carbons (Fsp3) is 0.625. The molecule has 1 aromatic carbocycles. The molecule has 0 aromatic heterocycles. The minimum atomic E-state index is -1.08. The van der Waals surface area contributed by atoms with Crippen LogP contribution in [0, 0.1) is 44.8 Å². The number of carbonyl (C=O) groups is 3. The molecule has 0 saturated heterocycles. The van der Waals surface area contributed by atoms with Crippen LogP contribution in [0.3, 0.4) is 0 Å². The van der Waals surface area contributed by atoms with Crippen molar-refractivity contribution in [3.05, 3.63) is 64.8 Å². The van der Waals surface area contributed by atoms with Crippen LogP contribution in [0.2, 0.25) is 0 Å². The lowest BCUT2D eigenvalue weighted by Gasteiger charge is -2.66. The van der Waals surface area contributed by atoms with E-state index in [1.165, 1.54) is 13.0 Å². The highest BCUT2D eigenvalue weighted by Crippen LogP contribution is 2.80. The number of rotatable bonds is 7. The minimum Gasteiger partial charge on any atom is -0.478 e. The van der Waals surface area contributed by atoms with Crippen molar-refractivity contribution in [2.24, 2.45) is 44.8 Å². The van der Waals surface area contributed by atoms with E-state index in [1.807, 2.05) is 56.3 Å². The third kappa shape index (κ3) is 4.59. The first kappa shape index (κ1) is 34.0. The zero-order valence-electron chi connectivity index (χ0n) is 28.8. The number of hydrogen-bond donors (Lipinski definition) is 4. The van der Waals surface area contributed by atoms with E-state index < -0.39 is 57.3 Å². The van der Waals surface area contributed by atoms with Crippen molar-refractivity contribution in [1.29, 1.82) is 0 Å². The smallest absolute Gasteiger partial charge is 0.331 e. The molecule has 1 aromatic rings. The number of ketones is 2. The molecule has 7 heteroatoms. The van der Waals surface area contributed by atoms with E-state index in [2.05, 4.69) is 20.8 Å². The van der Waals surface area contributed by atoms with Gasteiger partial charge in [0.2, 0.25) is 0 Å². The van der Waals surface area contributed by atoms with Crippen LogP contribution in [0.15, 0.2) is 59.2 Å². The first-order valence-electron chi connectivity index (χ1n) is 17.5. The summed E-state index contributed by atoms with van der Waals surface area (Å²) in [7, 11) is 0. The first-order valence-corrected chi connectivity index (χ1v) is 17.5. The number of allylic oxidation sites excluding steroid dienone is 1. The Kier molecular flexibility index (Phi) is 8.21. The molecule has 0 spiro atoms. The van der Waals surface area contributed by atoms with Gasteiger partial charge >= 0.3 is 5.97 Å². The van der Waals surface area contributed by atoms with Gasteiger partial charge in [-0.2, -0.15) is 0 Å². The van der Waals surface area contributed by atoms with E-state index in [4.69, 9.17) is 0 Å². The summed E-state index contributed by atoms with van der Waals surface area (Å²) in [6.45, 7) is 11.7. The number of fused-ring (bicyclic) bond motifs is 2. The standard InChI is InChI=1S/C40H52O7/c1-23(35(46)47)19-26(41)20-24(2)39-16-10-17-40(30(44)22-39)32-31(28(42)21-38(39,40)6)37(5)18-15-29(43)36(3,4)34(37)27(33(32)45)14-13-25-11-8-7-9-12-25/h7-9,11-14,19,24,26-27,30,33-34,41,44-45H,10,15-18,20-22H2,1-6H3,(H,46,47)/b14-13+,23-19+/t24-,26-,27+,30+,33-,34-,37-,38-,39-,40+/m1/s1. The van der Waals surface area contributed by atoms with Crippen LogP contribution in [0.25, 0.3) is 6.08 Å². The Morgan fingerprint density at radius 1 is 1.04 bits per heavy atom. The minimum absolute atomic E-state index is 0.00931. The lowest BCUT2D eigenvalue weighted by atomic mass is 9.36. The molecule has 2 bridgehead atoms. The van der Waals surface area contributed by atoms with E-state index in [9.17, 15) is 34.8 Å². The second-order valence-corrected chi connectivity index (χ2v) is 16.6. The molecule has 3 saturated carbocycles. The Morgan fingerprint density at radius 3 is 2.38 bits per heavy atom. The predicted molar refractivity (Wildman–Crippen MR) is 180 cm³/mol. The quantitative estimate of drug-likeness (QED) is 0.256. The number of carboxylic acids is 1. The van der Waals surface area contributed by atoms with E-state index in [1.54, 1.807) is 0 Å². The van der Waals surface area contributed by atoms with Crippen LogP contribution < -0.4 is 0 Å². The molecule has 4 N–H and O–H groups in total. The molecule has 47 heavy (non-hydrogen) atoms. The summed E-state index contributed by atoms with van der Waals surface area (Å²) < 4.78 is 0. The maximum absolute atomic E-state index is 14.8. The Hall–Kier alpha value is -2.87. The van der Waals surface area contributed by atoms with Gasteiger partial charge in [0.25, 0.3) is 0 Å². The molecule has 10 atom stereocenters. The summed E-state index contributed by atoms with van der Waals surface area (Å²) in [5, 5.41) is 45.5. The molecule has 0 aliphatic heterocycles. The molecule has 5 aliphatic rings. The maximum Gasteiger partial charge on any atom is 0.331 e. The van der Waals surface area contributed by atoms with Crippen molar-refractivity contribution >= 4 is 23.6 Å². The Morgan fingerprint density at radius 2 is 1.72 bits per heavy atom. The average Bonchev–Trinajstić information content (AvgIpc) is 3.08. The van der Waals surface area contributed by atoms with Crippen LogP contribution in [0.1, 0.15) is 98.5 Å². The number of aliphatic hydroxyl groups excluding tert-OH is 3. The van der Waals surface area contributed by atoms with Gasteiger partial charge in [0.05, 0.1) is 18.3 Å². The Bertz CT molecular complexity index is 1570. The molecule has 0 amide bonds. The van der Waals surface area contributed by atoms with E-state index >= 15 is 0 Å². The summed E-state index contributed by atoms with van der Waals surface area (Å²) >= 11 is 0. The number of carboxylic acid groups (broad SMARTS) is 1. The highest BCUT2D eigenvalue weighted by molar-refractivity contribution is 6.01. The van der Waals surface area contributed by atoms with Gasteiger partial charge in [-0.25, -0.2) is 4.79 Å². The molecule has 0 heterocycles. The molecule has 0 radical (unpaired) electrons. The van der Waals surface area contributed by atoms with Crippen LogP contribution in [-0.4, -0.2) is 56.3 Å². The number of carbonyl (C=O) groups excluding carboxylic acids is 2. The Balaban J connectivity index is 1.52. The predicted octanol–water partition coefficient (Wildman–Crippen LogP) is 6.32. The zero-order chi connectivity index (χ0) is 34.3. The van der Waals surface area contributed by atoms with E-state index in [0.29, 0.717) is 43.3 Å². The molecular formula is C40H52O7. The van der Waals surface area contributed by atoms with Gasteiger partial charge in [0.1, 0.15) is 5.78 Å². The molecule has 0 unspecified atom stereocenters. The van der Waals surface area contributed by atoms with Crippen molar-refractivity contribution in [3.63, 3.8) is 0 Å². The van der Waals surface area contributed by atoms with Crippen molar-refractivity contribution in [3.8, 4) is 0 Å². The molecule has 254 valence electrons. The summed E-state index contributed by atoms with van der Waals surface area (Å²) in [4.78, 5) is 39.8. The average molecular weight is 645 g/mol. The van der Waals surface area contributed by atoms with Crippen LogP contribution in [-0.2, 0) is 14.4 Å². The lowest BCUT2D eigenvalue weighted by Crippen LogP contribution is -2.65. The number of aliphatic carboxylic acids is 1. The molecule has 7 nitrogen and oxygen atoms in total. The van der Waals surface area contributed by atoms with E-state index in [-0.39, 0.29) is 35.4 Å². The van der Waals surface area contributed by atoms with E-state index in [0.717, 1.165) is 18.4 Å². The summed E-state index contributed by atoms with van der Waals surface area (Å²) in [6.07, 6.45) is 6.76. The van der Waals surface area contributed by atoms with Gasteiger partial charge in [-0.3, -0.25) is 9.59 Å². The van der Waals surface area contributed by atoms with Gasteiger partial charge in [-0.1, -0.05) is 83.5 Å². The second-order valence-electron chi connectivity index (χ2n) is 16.6. The fourth-order valence-corrected chi connectivity index (χ4v) is 12.2. The van der Waals surface area contributed by atoms with Gasteiger partial charge in [0.15, 0.2) is 5.78 Å². The fourth-order valence-electron chi connectivity index (χ4n) is 12.2. The third-order valence-corrected chi connectivity index (χ3v) is 14.2. The number of aliphatic hydroxyl groups is 3. The number of hydrogen-bond acceptors (Lipinski definition) is 6. The largest absolute Gasteiger partial charge is 0.478 e. The molecule has 5 aliphatic carbocycles. The monoisotopic (exact) mass is 644 g/mol. The lowest BCUT2D eigenvalue weighted by molar-refractivity contribution is -0.160. The van der Waals surface area contributed by atoms with Crippen molar-refractivity contribution < 1.29 is 34.8 Å². The van der Waals surface area contributed by atoms with Gasteiger partial charge in [-0.15, -0.1) is 0 Å². The van der Waals surface area contributed by atoms with Crippen molar-refractivity contribution in [2.45, 2.75) is 111 Å². The van der Waals surface area contributed by atoms with Crippen molar-refractivity contribution in [2.75, 3.05) is 0 Å². The van der Waals surface area contributed by atoms with Crippen LogP contribution >= 0.6 is 0 Å². The molecule has 3 fully saturated rings. The SMILES string of the molecule is C/C(=C\[C@@H](O)C[C@@H](C)[C@]12CCC[C@@]3(C4=C(C(=O)C[C@]13C)[C@@]1(C)CCC(=O)C(C)(C)[C@H]1[C@@H](/C=C/c1ccccc1)[C@H]4O)[C@@H](O)C2)C(=O)O. The third-order valence-electron chi connectivity index (χ3n) is 14.2. The van der Waals surface area contributed by atoms with Gasteiger partial charge < -0.3 is 20.4 Å². The van der Waals surface area contributed by atoms with Crippen molar-refractivity contribution in [1.82, 2.24) is 0 Å². The summed E-state index contributed by atoms with van der Waals surface area (Å²) in [6, 6.07) is 9.90. The normalized spacial score (nSPS) is 40.9. The highest BCUT2D eigenvalue weighted by atomic mass is 16.4. The summed E-state index contributed by atoms with van der Waals surface area (Å²) in [5.41, 5.74) is -1.03. The molecular weight excluding hydrogens is 592 g/mol. The Labute approximate surface area is 278 Å². The number of benzene rings is 1. The van der Waals surface area contributed by atoms with Gasteiger partial charge in [-0.05, 0) is 78.9 Å². The first-order chi connectivity index (χ1) is 22.0. The zero-order valence-corrected chi connectivity index (χ0v) is 28.8. The summed E-state index contributed by atoms with van der Waals surface area (Å²) in [5.74, 6) is -1.80.